The molecule has 2 heterocycles. The third-order valence-electron chi connectivity index (χ3n) is 3.10. The van der Waals surface area contributed by atoms with Gasteiger partial charge >= 0.3 is 0 Å². The Morgan fingerprint density at radius 1 is 1.52 bits per heavy atom. The first-order valence-corrected chi connectivity index (χ1v) is 8.88. The molecule has 0 spiro atoms. The van der Waals surface area contributed by atoms with Gasteiger partial charge in [-0.25, -0.2) is 13.1 Å². The summed E-state index contributed by atoms with van der Waals surface area (Å²) in [6.45, 7) is 0.815. The molecule has 1 unspecified atom stereocenters. The largest absolute Gasteiger partial charge is 0.386 e. The van der Waals surface area contributed by atoms with Crippen molar-refractivity contribution in [3.05, 3.63) is 17.5 Å². The summed E-state index contributed by atoms with van der Waals surface area (Å²) in [5.74, 6) is -0.316. The Bertz CT molecular complexity index is 564. The molecular weight excluding hydrogens is 316 g/mol. The lowest BCUT2D eigenvalue weighted by Gasteiger charge is -2.20. The molecule has 21 heavy (non-hydrogen) atoms. The van der Waals surface area contributed by atoms with E-state index in [1.54, 1.807) is 11.4 Å². The number of nitrogens with one attached hydrogen (secondary N) is 2. The van der Waals surface area contributed by atoms with Crippen LogP contribution in [0, 0.1) is 0 Å². The fraction of sp³-hybridized carbons (Fsp3) is 0.583. The van der Waals surface area contributed by atoms with Crippen LogP contribution in [0.5, 0.6) is 0 Å². The molecule has 1 aromatic rings. The van der Waals surface area contributed by atoms with E-state index in [4.69, 9.17) is 4.74 Å². The monoisotopic (exact) mass is 334 g/mol. The van der Waals surface area contributed by atoms with Crippen molar-refractivity contribution in [2.45, 2.75) is 22.7 Å². The fourth-order valence-electron chi connectivity index (χ4n) is 1.87. The molecule has 0 aromatic carbocycles. The second-order valence-electron chi connectivity index (χ2n) is 4.88. The average Bonchev–Trinajstić information content (AvgIpc) is 3.08. The van der Waals surface area contributed by atoms with E-state index >= 15 is 0 Å². The van der Waals surface area contributed by atoms with E-state index in [0.717, 1.165) is 11.3 Å². The number of carbonyl (C=O) groups excluding carboxylic acids is 1. The normalized spacial score (nSPS) is 22.3. The average molecular weight is 334 g/mol. The van der Waals surface area contributed by atoms with E-state index in [1.807, 2.05) is 0 Å². The standard InChI is InChI=1S/C12H18N2O5S2/c15-10(13-8-12(16)4-6-19-9-12)3-5-14-21(17,18)11-2-1-7-20-11/h1-2,7,14,16H,3-6,8-9H2,(H,13,15). The summed E-state index contributed by atoms with van der Waals surface area (Å²) >= 11 is 1.12. The summed E-state index contributed by atoms with van der Waals surface area (Å²) in [5.41, 5.74) is -1.01. The van der Waals surface area contributed by atoms with Crippen molar-refractivity contribution in [3.63, 3.8) is 0 Å². The minimum atomic E-state index is -3.54. The zero-order valence-corrected chi connectivity index (χ0v) is 13.0. The van der Waals surface area contributed by atoms with Gasteiger partial charge in [0.2, 0.25) is 15.9 Å². The second kappa shape index (κ2) is 6.84. The molecule has 2 rings (SSSR count). The van der Waals surface area contributed by atoms with E-state index in [0.29, 0.717) is 13.0 Å². The number of sulfonamides is 1. The highest BCUT2D eigenvalue weighted by molar-refractivity contribution is 7.91. The minimum absolute atomic E-state index is 0.0149. The van der Waals surface area contributed by atoms with Gasteiger partial charge in [-0.2, -0.15) is 0 Å². The molecule has 3 N–H and O–H groups in total. The van der Waals surface area contributed by atoms with Crippen molar-refractivity contribution in [2.24, 2.45) is 0 Å². The predicted octanol–water partition coefficient (Wildman–Crippen LogP) is -0.316. The van der Waals surface area contributed by atoms with Crippen molar-refractivity contribution in [1.82, 2.24) is 10.0 Å². The highest BCUT2D eigenvalue weighted by Gasteiger charge is 2.32. The highest BCUT2D eigenvalue weighted by Crippen LogP contribution is 2.17. The Kier molecular flexibility index (Phi) is 5.33. The summed E-state index contributed by atoms with van der Waals surface area (Å²) in [5, 5.41) is 14.2. The number of thiophene rings is 1. The predicted molar refractivity (Wildman–Crippen MR) is 77.5 cm³/mol. The van der Waals surface area contributed by atoms with Crippen LogP contribution in [0.15, 0.2) is 21.7 Å². The second-order valence-corrected chi connectivity index (χ2v) is 7.83. The van der Waals surface area contributed by atoms with E-state index < -0.39 is 15.6 Å². The van der Waals surface area contributed by atoms with Crippen LogP contribution in [-0.4, -0.2) is 51.3 Å². The van der Waals surface area contributed by atoms with Crippen molar-refractivity contribution >= 4 is 27.3 Å². The van der Waals surface area contributed by atoms with Crippen molar-refractivity contribution in [3.8, 4) is 0 Å². The van der Waals surface area contributed by atoms with Crippen LogP contribution in [-0.2, 0) is 19.6 Å². The molecule has 1 aliphatic rings. The Hall–Kier alpha value is -1.00. The molecule has 0 radical (unpaired) electrons. The molecule has 118 valence electrons. The van der Waals surface area contributed by atoms with E-state index in [2.05, 4.69) is 10.0 Å². The van der Waals surface area contributed by atoms with E-state index in [9.17, 15) is 18.3 Å². The zero-order valence-electron chi connectivity index (χ0n) is 11.4. The summed E-state index contributed by atoms with van der Waals surface area (Å²) in [6.07, 6.45) is 0.500. The summed E-state index contributed by atoms with van der Waals surface area (Å²) in [6, 6.07) is 3.15. The number of carbonyl (C=O) groups is 1. The molecule has 1 saturated heterocycles. The number of rotatable bonds is 7. The van der Waals surface area contributed by atoms with Gasteiger partial charge in [-0.05, 0) is 11.4 Å². The molecule has 1 atom stereocenters. The van der Waals surface area contributed by atoms with Crippen LogP contribution in [0.3, 0.4) is 0 Å². The first-order valence-electron chi connectivity index (χ1n) is 6.51. The minimum Gasteiger partial charge on any atom is -0.386 e. The summed E-state index contributed by atoms with van der Waals surface area (Å²) in [7, 11) is -3.54. The number of amides is 1. The van der Waals surface area contributed by atoms with Crippen molar-refractivity contribution in [1.29, 1.82) is 0 Å². The lowest BCUT2D eigenvalue weighted by Crippen LogP contribution is -2.44. The molecule has 0 aliphatic carbocycles. The zero-order chi connectivity index (χ0) is 15.3. The lowest BCUT2D eigenvalue weighted by molar-refractivity contribution is -0.122. The van der Waals surface area contributed by atoms with E-state index in [1.165, 1.54) is 6.07 Å². The summed E-state index contributed by atoms with van der Waals surface area (Å²) in [4.78, 5) is 11.6. The lowest BCUT2D eigenvalue weighted by atomic mass is 10.0. The van der Waals surface area contributed by atoms with E-state index in [-0.39, 0.29) is 36.2 Å². The third-order valence-corrected chi connectivity index (χ3v) is 5.96. The maximum Gasteiger partial charge on any atom is 0.250 e. The van der Waals surface area contributed by atoms with Gasteiger partial charge in [-0.15, -0.1) is 11.3 Å². The molecule has 1 aliphatic heterocycles. The van der Waals surface area contributed by atoms with Gasteiger partial charge in [0.1, 0.15) is 9.81 Å². The Labute approximate surface area is 127 Å². The van der Waals surface area contributed by atoms with Crippen LogP contribution < -0.4 is 10.0 Å². The SMILES string of the molecule is O=C(CCNS(=O)(=O)c1cccs1)NCC1(O)CCOC1. The fourth-order valence-corrected chi connectivity index (χ4v) is 3.94. The number of aliphatic hydroxyl groups is 1. The first-order chi connectivity index (χ1) is 9.91. The van der Waals surface area contributed by atoms with Crippen molar-refractivity contribution in [2.75, 3.05) is 26.3 Å². The van der Waals surface area contributed by atoms with Gasteiger partial charge in [-0.3, -0.25) is 4.79 Å². The molecule has 1 aromatic heterocycles. The van der Waals surface area contributed by atoms with Crippen LogP contribution in [0.1, 0.15) is 12.8 Å². The maximum absolute atomic E-state index is 11.8. The van der Waals surface area contributed by atoms with Gasteiger partial charge in [0.15, 0.2) is 0 Å². The van der Waals surface area contributed by atoms with Crippen LogP contribution >= 0.6 is 11.3 Å². The van der Waals surface area contributed by atoms with Gasteiger partial charge in [0.05, 0.1) is 6.61 Å². The summed E-state index contributed by atoms with van der Waals surface area (Å²) < 4.78 is 31.3. The molecule has 0 saturated carbocycles. The van der Waals surface area contributed by atoms with Crippen molar-refractivity contribution < 1.29 is 23.1 Å². The number of ether oxygens (including phenoxy) is 1. The number of hydrogen-bond donors (Lipinski definition) is 3. The quantitative estimate of drug-likeness (QED) is 0.634. The Balaban J connectivity index is 1.70. The molecular formula is C12H18N2O5S2. The smallest absolute Gasteiger partial charge is 0.250 e. The molecule has 9 heteroatoms. The van der Waals surface area contributed by atoms with Gasteiger partial charge in [0, 0.05) is 32.5 Å². The molecule has 0 bridgehead atoms. The molecule has 1 fully saturated rings. The van der Waals surface area contributed by atoms with Crippen LogP contribution in [0.4, 0.5) is 0 Å². The topological polar surface area (TPSA) is 105 Å². The Morgan fingerprint density at radius 2 is 2.33 bits per heavy atom. The first kappa shape index (κ1) is 16.4. The number of hydrogen-bond acceptors (Lipinski definition) is 6. The Morgan fingerprint density at radius 3 is 2.95 bits per heavy atom. The maximum atomic E-state index is 11.8. The highest BCUT2D eigenvalue weighted by atomic mass is 32.2. The van der Waals surface area contributed by atoms with Gasteiger partial charge in [0.25, 0.3) is 0 Å². The van der Waals surface area contributed by atoms with Crippen LogP contribution in [0.2, 0.25) is 0 Å². The molecule has 7 nitrogen and oxygen atoms in total. The van der Waals surface area contributed by atoms with Gasteiger partial charge < -0.3 is 15.2 Å². The third kappa shape index (κ3) is 4.75. The van der Waals surface area contributed by atoms with Gasteiger partial charge in [-0.1, -0.05) is 6.07 Å². The molecule has 1 amide bonds. The van der Waals surface area contributed by atoms with Crippen LogP contribution in [0.25, 0.3) is 0 Å².